The molecule has 2 N–H and O–H groups in total. The minimum atomic E-state index is 0.0346. The molecule has 0 heterocycles. The number of carbonyl (C=O) groups excluding carboxylic acids is 1. The lowest BCUT2D eigenvalue weighted by Crippen LogP contribution is -3.08. The number of ether oxygens (including phenoxy) is 2. The summed E-state index contributed by atoms with van der Waals surface area (Å²) in [6.45, 7) is 3.72. The zero-order chi connectivity index (χ0) is 20.7. The summed E-state index contributed by atoms with van der Waals surface area (Å²) in [5.41, 5.74) is 4.50. The number of methoxy groups -OCH3 is 2. The number of nitrogens with zero attached hydrogens (tertiary/aromatic N) is 1. The van der Waals surface area contributed by atoms with Crippen LogP contribution in [-0.2, 0) is 17.9 Å². The van der Waals surface area contributed by atoms with E-state index in [0.717, 1.165) is 39.6 Å². The Kier molecular flexibility index (Phi) is 7.70. The van der Waals surface area contributed by atoms with Crippen molar-refractivity contribution in [1.29, 1.82) is 0 Å². The first-order valence-electron chi connectivity index (χ1n) is 9.39. The van der Waals surface area contributed by atoms with E-state index >= 15 is 0 Å². The molecule has 0 spiro atoms. The Morgan fingerprint density at radius 1 is 1.07 bits per heavy atom. The molecule has 0 bridgehead atoms. The predicted molar refractivity (Wildman–Crippen MR) is 112 cm³/mol. The lowest BCUT2D eigenvalue weighted by Gasteiger charge is -2.17. The average Bonchev–Trinajstić information content (AvgIpc) is 2.67. The largest absolute Gasteiger partial charge is 0.493 e. The monoisotopic (exact) mass is 386 g/mol. The van der Waals surface area contributed by atoms with E-state index in [0.29, 0.717) is 18.8 Å². The minimum absolute atomic E-state index is 0.0346. The summed E-state index contributed by atoms with van der Waals surface area (Å²) in [5.74, 6) is 1.47. The number of likely N-dealkylation sites (N-methyl/N-ethyl adjacent to an activating group) is 1. The maximum Gasteiger partial charge on any atom is 0.275 e. The zero-order valence-corrected chi connectivity index (χ0v) is 17.8. The Hall–Kier alpha value is -2.73. The second-order valence-electron chi connectivity index (χ2n) is 7.28. The summed E-state index contributed by atoms with van der Waals surface area (Å²) in [6.07, 6.45) is 0. The van der Waals surface area contributed by atoms with Crippen LogP contribution < -0.4 is 24.6 Å². The van der Waals surface area contributed by atoms with Crippen LogP contribution >= 0.6 is 0 Å². The lowest BCUT2D eigenvalue weighted by atomic mass is 10.1. The topological polar surface area (TPSA) is 55.2 Å². The number of hydrogen-bond donors (Lipinski definition) is 2. The highest BCUT2D eigenvalue weighted by atomic mass is 16.5. The third-order valence-corrected chi connectivity index (χ3v) is 4.74. The van der Waals surface area contributed by atoms with Gasteiger partial charge in [-0.2, -0.15) is 0 Å². The number of benzene rings is 2. The van der Waals surface area contributed by atoms with E-state index in [-0.39, 0.29) is 5.91 Å². The first kappa shape index (κ1) is 21.6. The van der Waals surface area contributed by atoms with Crippen LogP contribution in [0.5, 0.6) is 11.5 Å². The first-order chi connectivity index (χ1) is 13.3. The molecule has 152 valence electrons. The van der Waals surface area contributed by atoms with Gasteiger partial charge in [-0.3, -0.25) is 4.79 Å². The van der Waals surface area contributed by atoms with Gasteiger partial charge in [0.2, 0.25) is 0 Å². The molecule has 0 aliphatic heterocycles. The average molecular weight is 387 g/mol. The molecule has 6 nitrogen and oxygen atoms in total. The fourth-order valence-electron chi connectivity index (χ4n) is 3.05. The standard InChI is InChI=1S/C22H31N3O3/c1-16-11-20(27-5)21(28-6)12-18(16)14-25(4)15-22(26)23-13-17-7-9-19(10-8-17)24(2)3/h7-12H,13-15H2,1-6H3,(H,23,26)/p+1. The Morgan fingerprint density at radius 2 is 1.68 bits per heavy atom. The number of hydrogen-bond acceptors (Lipinski definition) is 4. The molecule has 2 aromatic carbocycles. The first-order valence-corrected chi connectivity index (χ1v) is 9.39. The van der Waals surface area contributed by atoms with Gasteiger partial charge in [0.05, 0.1) is 21.3 Å². The Labute approximate surface area is 168 Å². The third kappa shape index (κ3) is 5.89. The van der Waals surface area contributed by atoms with Crippen molar-refractivity contribution < 1.29 is 19.2 Å². The maximum atomic E-state index is 12.3. The van der Waals surface area contributed by atoms with Crippen LogP contribution in [0.15, 0.2) is 36.4 Å². The van der Waals surface area contributed by atoms with Crippen molar-refractivity contribution in [3.8, 4) is 11.5 Å². The maximum absolute atomic E-state index is 12.3. The molecule has 2 rings (SSSR count). The van der Waals surface area contributed by atoms with E-state index in [9.17, 15) is 4.79 Å². The number of aryl methyl sites for hydroxylation is 1. The summed E-state index contributed by atoms with van der Waals surface area (Å²) in [5, 5.41) is 3.00. The van der Waals surface area contributed by atoms with Crippen LogP contribution in [0.1, 0.15) is 16.7 Å². The molecule has 0 saturated carbocycles. The Balaban J connectivity index is 1.88. The van der Waals surface area contributed by atoms with Gasteiger partial charge in [0.1, 0.15) is 6.54 Å². The van der Waals surface area contributed by atoms with Crippen LogP contribution in [0.3, 0.4) is 0 Å². The van der Waals surface area contributed by atoms with Crippen LogP contribution in [0.2, 0.25) is 0 Å². The van der Waals surface area contributed by atoms with E-state index < -0.39 is 0 Å². The molecule has 6 heteroatoms. The summed E-state index contributed by atoms with van der Waals surface area (Å²) < 4.78 is 10.7. The van der Waals surface area contributed by atoms with Crippen LogP contribution in [0.4, 0.5) is 5.69 Å². The molecule has 0 radical (unpaired) electrons. The quantitative estimate of drug-likeness (QED) is 0.684. The normalized spacial score (nSPS) is 11.6. The van der Waals surface area contributed by atoms with Crippen molar-refractivity contribution in [2.24, 2.45) is 0 Å². The number of anilines is 1. The van der Waals surface area contributed by atoms with E-state index in [1.807, 2.05) is 52.3 Å². The third-order valence-electron chi connectivity index (χ3n) is 4.74. The molecule has 1 amide bonds. The number of quaternary nitrogens is 1. The van der Waals surface area contributed by atoms with Gasteiger partial charge in [0, 0.05) is 31.9 Å². The van der Waals surface area contributed by atoms with Crippen molar-refractivity contribution >= 4 is 11.6 Å². The van der Waals surface area contributed by atoms with Gasteiger partial charge in [0.15, 0.2) is 18.0 Å². The van der Waals surface area contributed by atoms with Gasteiger partial charge in [-0.25, -0.2) is 0 Å². The molecular formula is C22H32N3O3+. The Bertz CT molecular complexity index is 788. The highest BCUT2D eigenvalue weighted by molar-refractivity contribution is 5.76. The molecule has 0 aliphatic rings. The summed E-state index contributed by atoms with van der Waals surface area (Å²) in [4.78, 5) is 15.5. The summed E-state index contributed by atoms with van der Waals surface area (Å²) in [6, 6.07) is 12.1. The lowest BCUT2D eigenvalue weighted by molar-refractivity contribution is -0.885. The molecule has 0 aliphatic carbocycles. The van der Waals surface area contributed by atoms with Crippen LogP contribution in [0, 0.1) is 6.92 Å². The van der Waals surface area contributed by atoms with Gasteiger partial charge in [0.25, 0.3) is 5.91 Å². The van der Waals surface area contributed by atoms with Gasteiger partial charge >= 0.3 is 0 Å². The van der Waals surface area contributed by atoms with Crippen molar-refractivity contribution in [3.63, 3.8) is 0 Å². The number of amides is 1. The van der Waals surface area contributed by atoms with E-state index in [4.69, 9.17) is 9.47 Å². The zero-order valence-electron chi connectivity index (χ0n) is 17.8. The molecule has 1 unspecified atom stereocenters. The fraction of sp³-hybridized carbons (Fsp3) is 0.409. The molecule has 0 aromatic heterocycles. The van der Waals surface area contributed by atoms with Gasteiger partial charge in [-0.05, 0) is 42.3 Å². The highest BCUT2D eigenvalue weighted by Crippen LogP contribution is 2.29. The summed E-state index contributed by atoms with van der Waals surface area (Å²) in [7, 11) is 9.30. The highest BCUT2D eigenvalue weighted by Gasteiger charge is 2.15. The fourth-order valence-corrected chi connectivity index (χ4v) is 3.05. The van der Waals surface area contributed by atoms with Crippen molar-refractivity contribution in [2.45, 2.75) is 20.0 Å². The van der Waals surface area contributed by atoms with Crippen molar-refractivity contribution in [1.82, 2.24) is 5.32 Å². The van der Waals surface area contributed by atoms with Crippen molar-refractivity contribution in [2.75, 3.05) is 46.8 Å². The SMILES string of the molecule is COc1cc(C)c(C[NH+](C)CC(=O)NCc2ccc(N(C)C)cc2)cc1OC. The second kappa shape index (κ2) is 9.99. The minimum Gasteiger partial charge on any atom is -0.493 e. The molecule has 0 saturated heterocycles. The van der Waals surface area contributed by atoms with Gasteiger partial charge in [-0.15, -0.1) is 0 Å². The molecule has 2 aromatic rings. The van der Waals surface area contributed by atoms with Crippen LogP contribution in [-0.4, -0.2) is 47.8 Å². The molecule has 28 heavy (non-hydrogen) atoms. The van der Waals surface area contributed by atoms with Crippen LogP contribution in [0.25, 0.3) is 0 Å². The van der Waals surface area contributed by atoms with E-state index in [2.05, 4.69) is 22.3 Å². The van der Waals surface area contributed by atoms with Crippen molar-refractivity contribution in [3.05, 3.63) is 53.1 Å². The molecular weight excluding hydrogens is 354 g/mol. The smallest absolute Gasteiger partial charge is 0.275 e. The molecule has 0 fully saturated rings. The number of rotatable bonds is 9. The Morgan fingerprint density at radius 3 is 2.25 bits per heavy atom. The summed E-state index contributed by atoms with van der Waals surface area (Å²) >= 11 is 0. The van der Waals surface area contributed by atoms with Gasteiger partial charge < -0.3 is 24.6 Å². The van der Waals surface area contributed by atoms with E-state index in [1.54, 1.807) is 14.2 Å². The van der Waals surface area contributed by atoms with Gasteiger partial charge in [-0.1, -0.05) is 12.1 Å². The molecule has 1 atom stereocenters. The predicted octanol–water partition coefficient (Wildman–Crippen LogP) is 1.41. The van der Waals surface area contributed by atoms with E-state index in [1.165, 1.54) is 0 Å². The second-order valence-corrected chi connectivity index (χ2v) is 7.28. The number of carbonyl (C=O) groups is 1. The number of nitrogens with one attached hydrogen (secondary N) is 2.